The average molecular weight is 493 g/mol. The van der Waals surface area contributed by atoms with Gasteiger partial charge in [0.05, 0.1) is 13.2 Å². The molecule has 0 aliphatic carbocycles. The molecule has 35 heavy (non-hydrogen) atoms. The lowest BCUT2D eigenvalue weighted by atomic mass is 9.98. The molecule has 7 heteroatoms. The van der Waals surface area contributed by atoms with Crippen LogP contribution in [0.4, 0.5) is 0 Å². The van der Waals surface area contributed by atoms with Gasteiger partial charge in [0, 0.05) is 17.4 Å². The molecule has 3 aromatic carbocycles. The lowest BCUT2D eigenvalue weighted by molar-refractivity contribution is -0.326. The maximum absolute atomic E-state index is 12.2. The molecule has 5 rings (SSSR count). The van der Waals surface area contributed by atoms with Crippen LogP contribution in [-0.2, 0) is 35.1 Å². The van der Waals surface area contributed by atoms with Gasteiger partial charge in [-0.25, -0.2) is 0 Å². The Morgan fingerprint density at radius 2 is 1.54 bits per heavy atom. The molecule has 2 saturated heterocycles. The van der Waals surface area contributed by atoms with E-state index in [2.05, 4.69) is 0 Å². The molecule has 0 amide bonds. The Bertz CT molecular complexity index is 1080. The van der Waals surface area contributed by atoms with Gasteiger partial charge in [0.2, 0.25) is 0 Å². The number of esters is 1. The Kier molecular flexibility index (Phi) is 7.81. The first kappa shape index (κ1) is 24.0. The summed E-state index contributed by atoms with van der Waals surface area (Å²) < 4.78 is 31.2. The zero-order valence-corrected chi connectivity index (χ0v) is 20.2. The zero-order chi connectivity index (χ0) is 24.0. The summed E-state index contributed by atoms with van der Waals surface area (Å²) >= 11 is 1.50. The molecule has 0 aromatic heterocycles. The van der Waals surface area contributed by atoms with Crippen molar-refractivity contribution in [2.24, 2.45) is 0 Å². The molecule has 2 fully saturated rings. The van der Waals surface area contributed by atoms with Crippen LogP contribution >= 0.6 is 11.8 Å². The van der Waals surface area contributed by atoms with Crippen LogP contribution in [0.1, 0.15) is 24.3 Å². The van der Waals surface area contributed by atoms with E-state index in [9.17, 15) is 4.79 Å². The molecule has 0 N–H and O–H groups in total. The van der Waals surface area contributed by atoms with E-state index in [1.165, 1.54) is 18.7 Å². The maximum atomic E-state index is 12.2. The standard InChI is InChI=1S/C28H28O6S/c1-19(29)32-26-25(30-17-20-11-5-2-6-12-20)24-23(33-28(26)35-22-15-9-4-10-16-22)18-31-27(34-24)21-13-7-3-8-14-21/h2-16,23-28H,17-18H2,1H3/t23-,24-,25+,26-,27?,28+/m1/s1. The molecular weight excluding hydrogens is 464 g/mol. The van der Waals surface area contributed by atoms with Crippen molar-refractivity contribution in [3.05, 3.63) is 102 Å². The van der Waals surface area contributed by atoms with Gasteiger partial charge in [-0.2, -0.15) is 0 Å². The number of carbonyl (C=O) groups is 1. The number of ether oxygens (including phenoxy) is 5. The Balaban J connectivity index is 1.43. The van der Waals surface area contributed by atoms with Crippen molar-refractivity contribution in [1.29, 1.82) is 0 Å². The number of fused-ring (bicyclic) bond motifs is 1. The third-order valence-corrected chi connectivity index (χ3v) is 7.09. The molecule has 0 spiro atoms. The van der Waals surface area contributed by atoms with Crippen molar-refractivity contribution >= 4 is 17.7 Å². The lowest BCUT2D eigenvalue weighted by Gasteiger charge is -2.48. The summed E-state index contributed by atoms with van der Waals surface area (Å²) in [6.45, 7) is 2.10. The highest BCUT2D eigenvalue weighted by molar-refractivity contribution is 7.99. The molecule has 6 atom stereocenters. The van der Waals surface area contributed by atoms with Crippen LogP contribution in [0.25, 0.3) is 0 Å². The van der Waals surface area contributed by atoms with Crippen LogP contribution in [0.3, 0.4) is 0 Å². The minimum absolute atomic E-state index is 0.341. The minimum Gasteiger partial charge on any atom is -0.456 e. The van der Waals surface area contributed by atoms with E-state index >= 15 is 0 Å². The molecule has 0 radical (unpaired) electrons. The minimum atomic E-state index is -0.669. The van der Waals surface area contributed by atoms with Crippen molar-refractivity contribution in [3.8, 4) is 0 Å². The van der Waals surface area contributed by atoms with Crippen molar-refractivity contribution in [1.82, 2.24) is 0 Å². The Morgan fingerprint density at radius 1 is 0.886 bits per heavy atom. The van der Waals surface area contributed by atoms with Crippen LogP contribution in [0.15, 0.2) is 95.9 Å². The van der Waals surface area contributed by atoms with Crippen LogP contribution in [-0.4, -0.2) is 42.4 Å². The van der Waals surface area contributed by atoms with E-state index in [0.717, 1.165) is 16.0 Å². The normalized spacial score (nSPS) is 28.1. The maximum Gasteiger partial charge on any atom is 0.303 e. The number of rotatable bonds is 7. The average Bonchev–Trinajstić information content (AvgIpc) is 2.89. The van der Waals surface area contributed by atoms with Crippen molar-refractivity contribution < 1.29 is 28.5 Å². The van der Waals surface area contributed by atoms with E-state index in [0.29, 0.717) is 13.2 Å². The quantitative estimate of drug-likeness (QED) is 0.424. The number of hydrogen-bond donors (Lipinski definition) is 0. The highest BCUT2D eigenvalue weighted by atomic mass is 32.2. The van der Waals surface area contributed by atoms with E-state index in [-0.39, 0.29) is 6.10 Å². The summed E-state index contributed by atoms with van der Waals surface area (Å²) in [4.78, 5) is 13.2. The highest BCUT2D eigenvalue weighted by Crippen LogP contribution is 2.41. The second-order valence-corrected chi connectivity index (χ2v) is 9.66. The summed E-state index contributed by atoms with van der Waals surface area (Å²) in [5.74, 6) is -0.393. The highest BCUT2D eigenvalue weighted by Gasteiger charge is 2.52. The fourth-order valence-electron chi connectivity index (χ4n) is 4.33. The predicted molar refractivity (Wildman–Crippen MR) is 132 cm³/mol. The first-order valence-electron chi connectivity index (χ1n) is 11.7. The summed E-state index contributed by atoms with van der Waals surface area (Å²) in [5.41, 5.74) is 1.46. The molecule has 0 bridgehead atoms. The molecular formula is C28H28O6S. The summed E-state index contributed by atoms with van der Waals surface area (Å²) in [6.07, 6.45) is -2.62. The Morgan fingerprint density at radius 3 is 2.23 bits per heavy atom. The van der Waals surface area contributed by atoms with E-state index in [4.69, 9.17) is 23.7 Å². The van der Waals surface area contributed by atoms with Gasteiger partial charge in [-0.3, -0.25) is 4.79 Å². The number of hydrogen-bond acceptors (Lipinski definition) is 7. The molecule has 0 saturated carbocycles. The zero-order valence-electron chi connectivity index (χ0n) is 19.4. The third kappa shape index (κ3) is 5.94. The second kappa shape index (κ2) is 11.4. The number of carbonyl (C=O) groups excluding carboxylic acids is 1. The van der Waals surface area contributed by atoms with Crippen LogP contribution in [0.5, 0.6) is 0 Å². The molecule has 182 valence electrons. The van der Waals surface area contributed by atoms with Crippen molar-refractivity contribution in [3.63, 3.8) is 0 Å². The molecule has 2 aliphatic heterocycles. The SMILES string of the molecule is CC(=O)O[C@@H]1[C@@H](OCc2ccccc2)[C@@H]2OC(c3ccccc3)OC[C@H]2O[C@H]1Sc1ccccc1. The van der Waals surface area contributed by atoms with Gasteiger partial charge >= 0.3 is 5.97 Å². The van der Waals surface area contributed by atoms with Crippen molar-refractivity contribution in [2.75, 3.05) is 6.61 Å². The summed E-state index contributed by atoms with van der Waals surface area (Å²) in [7, 11) is 0. The van der Waals surface area contributed by atoms with Gasteiger partial charge < -0.3 is 23.7 Å². The fraction of sp³-hybridized carbons (Fsp3) is 0.321. The van der Waals surface area contributed by atoms with Gasteiger partial charge in [-0.1, -0.05) is 90.6 Å². The predicted octanol–water partition coefficient (Wildman–Crippen LogP) is 5.13. The van der Waals surface area contributed by atoms with Gasteiger partial charge in [0.15, 0.2) is 12.4 Å². The second-order valence-electron chi connectivity index (χ2n) is 8.49. The Labute approximate surface area is 209 Å². The van der Waals surface area contributed by atoms with Crippen LogP contribution in [0.2, 0.25) is 0 Å². The molecule has 3 aromatic rings. The molecule has 2 heterocycles. The number of thioether (sulfide) groups is 1. The van der Waals surface area contributed by atoms with Gasteiger partial charge in [0.1, 0.15) is 23.7 Å². The largest absolute Gasteiger partial charge is 0.456 e. The lowest BCUT2D eigenvalue weighted by Crippen LogP contribution is -2.62. The summed E-state index contributed by atoms with van der Waals surface area (Å²) in [5, 5.41) is 0. The smallest absolute Gasteiger partial charge is 0.303 e. The topological polar surface area (TPSA) is 63.2 Å². The van der Waals surface area contributed by atoms with Crippen LogP contribution in [0, 0.1) is 0 Å². The van der Waals surface area contributed by atoms with Gasteiger partial charge in [0.25, 0.3) is 0 Å². The summed E-state index contributed by atoms with van der Waals surface area (Å²) in [6, 6.07) is 29.6. The molecule has 6 nitrogen and oxygen atoms in total. The van der Waals surface area contributed by atoms with Crippen LogP contribution < -0.4 is 0 Å². The molecule has 1 unspecified atom stereocenters. The number of benzene rings is 3. The van der Waals surface area contributed by atoms with E-state index in [1.54, 1.807) is 0 Å². The van der Waals surface area contributed by atoms with E-state index < -0.39 is 36.0 Å². The molecule has 2 aliphatic rings. The first-order valence-corrected chi connectivity index (χ1v) is 12.6. The first-order chi connectivity index (χ1) is 17.2. The fourth-order valence-corrected chi connectivity index (χ4v) is 5.45. The third-order valence-electron chi connectivity index (χ3n) is 5.94. The Hall–Kier alpha value is -2.68. The van der Waals surface area contributed by atoms with Gasteiger partial charge in [-0.05, 0) is 17.7 Å². The van der Waals surface area contributed by atoms with E-state index in [1.807, 2.05) is 91.0 Å². The monoisotopic (exact) mass is 492 g/mol. The van der Waals surface area contributed by atoms with Crippen molar-refractivity contribution in [2.45, 2.75) is 54.6 Å². The van der Waals surface area contributed by atoms with Gasteiger partial charge in [-0.15, -0.1) is 0 Å².